The standard InChI is InChI=1S/C22H22N4O5/c1-2-31-19-11-16-15(10-17(19)25-20(28)8-9-21(29)30)22(24-13-23-16)26-18(12-27)14-6-4-3-5-7-14/h3-11,13,18,27H,2,12H2,1H3,(H,25,28)(H,29,30)(H,23,24,26). The lowest BCUT2D eigenvalue weighted by Crippen LogP contribution is -2.16. The zero-order chi connectivity index (χ0) is 22.2. The number of carbonyl (C=O) groups excluding carboxylic acids is 1. The molecule has 3 rings (SSSR count). The summed E-state index contributed by atoms with van der Waals surface area (Å²) in [5.74, 6) is -0.993. The molecular weight excluding hydrogens is 400 g/mol. The third-order valence-electron chi connectivity index (χ3n) is 4.37. The molecule has 0 fully saturated rings. The minimum Gasteiger partial charge on any atom is -0.492 e. The number of aliphatic hydroxyl groups excluding tert-OH is 1. The van der Waals surface area contributed by atoms with Gasteiger partial charge in [-0.05, 0) is 18.6 Å². The molecule has 160 valence electrons. The molecule has 0 aliphatic heterocycles. The van der Waals surface area contributed by atoms with Gasteiger partial charge in [0, 0.05) is 23.6 Å². The number of fused-ring (bicyclic) bond motifs is 1. The van der Waals surface area contributed by atoms with Crippen LogP contribution in [0.5, 0.6) is 5.75 Å². The number of ether oxygens (including phenoxy) is 1. The number of carbonyl (C=O) groups is 2. The molecule has 1 amide bonds. The second kappa shape index (κ2) is 10.2. The van der Waals surface area contributed by atoms with E-state index in [1.807, 2.05) is 30.3 Å². The average Bonchev–Trinajstić information content (AvgIpc) is 2.77. The summed E-state index contributed by atoms with van der Waals surface area (Å²) in [5.41, 5.74) is 1.80. The summed E-state index contributed by atoms with van der Waals surface area (Å²) < 4.78 is 5.61. The van der Waals surface area contributed by atoms with Crippen LogP contribution in [0.25, 0.3) is 10.9 Å². The van der Waals surface area contributed by atoms with Crippen molar-refractivity contribution in [2.45, 2.75) is 13.0 Å². The van der Waals surface area contributed by atoms with Gasteiger partial charge in [0.25, 0.3) is 0 Å². The smallest absolute Gasteiger partial charge is 0.328 e. The molecule has 3 aromatic rings. The zero-order valence-electron chi connectivity index (χ0n) is 16.8. The van der Waals surface area contributed by atoms with Crippen LogP contribution < -0.4 is 15.4 Å². The molecule has 0 radical (unpaired) electrons. The molecule has 0 bridgehead atoms. The fraction of sp³-hybridized carbons (Fsp3) is 0.182. The van der Waals surface area contributed by atoms with E-state index in [1.54, 1.807) is 19.1 Å². The SMILES string of the molecule is CCOc1cc2ncnc(NC(CO)c3ccccc3)c2cc1NC(=O)C=CC(=O)O. The van der Waals surface area contributed by atoms with Gasteiger partial charge in [0.05, 0.1) is 30.5 Å². The normalized spacial score (nSPS) is 11.9. The summed E-state index contributed by atoms with van der Waals surface area (Å²) in [7, 11) is 0. The molecule has 2 aromatic carbocycles. The van der Waals surface area contributed by atoms with Crippen LogP contribution in [0.15, 0.2) is 60.9 Å². The Kier molecular flexibility index (Phi) is 7.13. The van der Waals surface area contributed by atoms with Crippen LogP contribution in [0.1, 0.15) is 18.5 Å². The van der Waals surface area contributed by atoms with Gasteiger partial charge < -0.3 is 25.6 Å². The minimum absolute atomic E-state index is 0.157. The number of aliphatic carboxylic acids is 1. The predicted octanol–water partition coefficient (Wildman–Crippen LogP) is 2.75. The molecular formula is C22H22N4O5. The summed E-state index contributed by atoms with van der Waals surface area (Å²) >= 11 is 0. The van der Waals surface area contributed by atoms with Gasteiger partial charge in [-0.3, -0.25) is 4.79 Å². The van der Waals surface area contributed by atoms with Crippen molar-refractivity contribution in [1.29, 1.82) is 0 Å². The van der Waals surface area contributed by atoms with Crippen LogP contribution in [-0.4, -0.2) is 45.3 Å². The number of hydrogen-bond acceptors (Lipinski definition) is 7. The summed E-state index contributed by atoms with van der Waals surface area (Å²) in [5, 5.41) is 25.0. The monoisotopic (exact) mass is 422 g/mol. The molecule has 0 aliphatic carbocycles. The van der Waals surface area contributed by atoms with Crippen molar-refractivity contribution in [3.05, 3.63) is 66.5 Å². The van der Waals surface area contributed by atoms with Gasteiger partial charge in [-0.2, -0.15) is 0 Å². The van der Waals surface area contributed by atoms with E-state index >= 15 is 0 Å². The zero-order valence-corrected chi connectivity index (χ0v) is 16.8. The molecule has 1 heterocycles. The first kappa shape index (κ1) is 21.7. The van der Waals surface area contributed by atoms with Crippen molar-refractivity contribution in [2.75, 3.05) is 23.8 Å². The molecule has 0 aliphatic rings. The molecule has 0 saturated carbocycles. The van der Waals surface area contributed by atoms with E-state index in [0.717, 1.165) is 17.7 Å². The third-order valence-corrected chi connectivity index (χ3v) is 4.37. The number of amides is 1. The number of benzene rings is 2. The first-order valence-corrected chi connectivity index (χ1v) is 9.57. The Morgan fingerprint density at radius 1 is 1.16 bits per heavy atom. The lowest BCUT2D eigenvalue weighted by molar-refractivity contribution is -0.131. The predicted molar refractivity (Wildman–Crippen MR) is 116 cm³/mol. The highest BCUT2D eigenvalue weighted by Gasteiger charge is 2.16. The molecule has 1 aromatic heterocycles. The van der Waals surface area contributed by atoms with E-state index < -0.39 is 17.9 Å². The lowest BCUT2D eigenvalue weighted by atomic mass is 10.1. The fourth-order valence-corrected chi connectivity index (χ4v) is 2.98. The molecule has 1 unspecified atom stereocenters. The van der Waals surface area contributed by atoms with Crippen molar-refractivity contribution in [3.63, 3.8) is 0 Å². The molecule has 0 spiro atoms. The van der Waals surface area contributed by atoms with E-state index in [4.69, 9.17) is 9.84 Å². The number of aromatic nitrogens is 2. The number of aliphatic hydroxyl groups is 1. The van der Waals surface area contributed by atoms with Gasteiger partial charge in [-0.15, -0.1) is 0 Å². The topological polar surface area (TPSA) is 134 Å². The second-order valence-corrected chi connectivity index (χ2v) is 6.47. The van der Waals surface area contributed by atoms with Gasteiger partial charge >= 0.3 is 5.97 Å². The maximum absolute atomic E-state index is 12.1. The van der Waals surface area contributed by atoms with Gasteiger partial charge in [-0.1, -0.05) is 30.3 Å². The van der Waals surface area contributed by atoms with Crippen LogP contribution in [-0.2, 0) is 9.59 Å². The number of nitrogens with one attached hydrogen (secondary N) is 2. The quantitative estimate of drug-likeness (QED) is 0.387. The minimum atomic E-state index is -1.23. The fourth-order valence-electron chi connectivity index (χ4n) is 2.98. The Labute approximate surface area is 178 Å². The maximum Gasteiger partial charge on any atom is 0.328 e. The van der Waals surface area contributed by atoms with Gasteiger partial charge in [0.1, 0.15) is 17.9 Å². The summed E-state index contributed by atoms with van der Waals surface area (Å²) in [6.07, 6.45) is 3.06. The Hall–Kier alpha value is -3.98. The molecule has 0 saturated heterocycles. The summed E-state index contributed by atoms with van der Waals surface area (Å²) in [6, 6.07) is 12.3. The highest BCUT2D eigenvalue weighted by Crippen LogP contribution is 2.33. The largest absolute Gasteiger partial charge is 0.492 e. The van der Waals surface area contributed by atoms with Gasteiger partial charge in [-0.25, -0.2) is 14.8 Å². The number of nitrogens with zero attached hydrogens (tertiary/aromatic N) is 2. The molecule has 1 atom stereocenters. The Morgan fingerprint density at radius 3 is 2.61 bits per heavy atom. The van der Waals surface area contributed by atoms with E-state index in [9.17, 15) is 14.7 Å². The average molecular weight is 422 g/mol. The van der Waals surface area contributed by atoms with Gasteiger partial charge in [0.2, 0.25) is 5.91 Å². The number of hydrogen-bond donors (Lipinski definition) is 4. The van der Waals surface area contributed by atoms with Crippen LogP contribution in [0.4, 0.5) is 11.5 Å². The van der Waals surface area contributed by atoms with E-state index in [1.165, 1.54) is 6.33 Å². The first-order chi connectivity index (χ1) is 15.0. The van der Waals surface area contributed by atoms with Gasteiger partial charge in [0.15, 0.2) is 0 Å². The number of anilines is 2. The molecule has 9 nitrogen and oxygen atoms in total. The summed E-state index contributed by atoms with van der Waals surface area (Å²) in [6.45, 7) is 2.00. The van der Waals surface area contributed by atoms with Crippen LogP contribution in [0.2, 0.25) is 0 Å². The first-order valence-electron chi connectivity index (χ1n) is 9.57. The Bertz CT molecular complexity index is 1100. The molecule has 4 N–H and O–H groups in total. The number of carboxylic acid groups (broad SMARTS) is 1. The van der Waals surface area contributed by atoms with Crippen LogP contribution in [0.3, 0.4) is 0 Å². The highest BCUT2D eigenvalue weighted by molar-refractivity contribution is 6.05. The van der Waals surface area contributed by atoms with Crippen molar-refractivity contribution < 1.29 is 24.5 Å². The number of carboxylic acids is 1. The number of rotatable bonds is 9. The summed E-state index contributed by atoms with van der Waals surface area (Å²) in [4.78, 5) is 31.3. The van der Waals surface area contributed by atoms with Crippen molar-refractivity contribution in [3.8, 4) is 5.75 Å². The van der Waals surface area contributed by atoms with Crippen LogP contribution >= 0.6 is 0 Å². The maximum atomic E-state index is 12.1. The Balaban J connectivity index is 1.99. The van der Waals surface area contributed by atoms with Crippen LogP contribution in [0, 0.1) is 0 Å². The van der Waals surface area contributed by atoms with Crippen molar-refractivity contribution >= 4 is 34.3 Å². The third kappa shape index (κ3) is 5.55. The van der Waals surface area contributed by atoms with E-state index in [-0.39, 0.29) is 6.61 Å². The molecule has 31 heavy (non-hydrogen) atoms. The van der Waals surface area contributed by atoms with Crippen molar-refractivity contribution in [1.82, 2.24) is 9.97 Å². The lowest BCUT2D eigenvalue weighted by Gasteiger charge is -2.19. The van der Waals surface area contributed by atoms with E-state index in [2.05, 4.69) is 20.6 Å². The highest BCUT2D eigenvalue weighted by atomic mass is 16.5. The molecule has 9 heteroatoms. The second-order valence-electron chi connectivity index (χ2n) is 6.47. The van der Waals surface area contributed by atoms with E-state index in [0.29, 0.717) is 34.8 Å². The van der Waals surface area contributed by atoms with Crippen molar-refractivity contribution in [2.24, 2.45) is 0 Å². The Morgan fingerprint density at radius 2 is 1.94 bits per heavy atom.